The maximum atomic E-state index is 13.1. The van der Waals surface area contributed by atoms with Crippen LogP contribution in [0.2, 0.25) is 0 Å². The Kier molecular flexibility index (Phi) is 8.12. The number of hydrogen-bond donors (Lipinski definition) is 1. The maximum absolute atomic E-state index is 13.1. The molecule has 0 aliphatic carbocycles. The molecule has 206 valence electrons. The zero-order chi connectivity index (χ0) is 28.9. The van der Waals surface area contributed by atoms with Crippen LogP contribution in [0.1, 0.15) is 43.2 Å². The van der Waals surface area contributed by atoms with Gasteiger partial charge in [-0.05, 0) is 42.5 Å². The SMILES string of the molecule is O=C(NCc1nccnc1-c1ccc(C(=O)OCc2ccccn2)cc1)c1cc(C(F)(F)F)cc(C(F)(F)F)c1. The summed E-state index contributed by atoms with van der Waals surface area (Å²) < 4.78 is 84.1. The molecule has 4 rings (SSSR count). The standard InChI is InChI=1S/C27H18F6N4O3/c28-26(29,30)19-11-18(12-20(13-19)27(31,32)33)24(38)37-14-22-23(36-10-9-35-22)16-4-6-17(7-5-16)25(39)40-15-21-3-1-2-8-34-21/h1-13H,14-15H2,(H,37,38). The quantitative estimate of drug-likeness (QED) is 0.225. The molecule has 0 spiro atoms. The first-order valence-electron chi connectivity index (χ1n) is 11.5. The molecule has 2 aromatic carbocycles. The van der Waals surface area contributed by atoms with Gasteiger partial charge in [0.15, 0.2) is 0 Å². The van der Waals surface area contributed by atoms with E-state index in [2.05, 4.69) is 20.3 Å². The van der Waals surface area contributed by atoms with Crippen molar-refractivity contribution >= 4 is 11.9 Å². The Bertz CT molecular complexity index is 1480. The summed E-state index contributed by atoms with van der Waals surface area (Å²) in [7, 11) is 0. The number of carbonyl (C=O) groups is 2. The van der Waals surface area contributed by atoms with E-state index in [0.717, 1.165) is 0 Å². The molecular formula is C27H18F6N4O3. The average molecular weight is 560 g/mol. The van der Waals surface area contributed by atoms with E-state index in [9.17, 15) is 35.9 Å². The third-order valence-corrected chi connectivity index (χ3v) is 5.51. The third kappa shape index (κ3) is 6.98. The molecule has 0 aliphatic rings. The van der Waals surface area contributed by atoms with Crippen LogP contribution in [0.4, 0.5) is 26.3 Å². The predicted octanol–water partition coefficient (Wildman–Crippen LogP) is 5.86. The molecule has 1 N–H and O–H groups in total. The highest BCUT2D eigenvalue weighted by Gasteiger charge is 2.37. The first-order valence-corrected chi connectivity index (χ1v) is 11.5. The van der Waals surface area contributed by atoms with Crippen LogP contribution in [0.5, 0.6) is 0 Å². The number of ether oxygens (including phenoxy) is 1. The molecule has 2 aromatic heterocycles. The highest BCUT2D eigenvalue weighted by atomic mass is 19.4. The zero-order valence-electron chi connectivity index (χ0n) is 20.3. The van der Waals surface area contributed by atoms with Crippen molar-refractivity contribution in [2.24, 2.45) is 0 Å². The zero-order valence-corrected chi connectivity index (χ0v) is 20.3. The van der Waals surface area contributed by atoms with Crippen LogP contribution < -0.4 is 5.32 Å². The molecule has 0 unspecified atom stereocenters. The minimum atomic E-state index is -5.09. The molecule has 40 heavy (non-hydrogen) atoms. The van der Waals surface area contributed by atoms with Crippen molar-refractivity contribution in [3.8, 4) is 11.3 Å². The molecule has 0 bridgehead atoms. The summed E-state index contributed by atoms with van der Waals surface area (Å²) in [6.45, 7) is -0.376. The van der Waals surface area contributed by atoms with Gasteiger partial charge in [-0.15, -0.1) is 0 Å². The number of carbonyl (C=O) groups excluding carboxylic acids is 2. The lowest BCUT2D eigenvalue weighted by Gasteiger charge is -2.14. The fraction of sp³-hybridized carbons (Fsp3) is 0.148. The smallest absolute Gasteiger partial charge is 0.416 e. The molecule has 0 atom stereocenters. The lowest BCUT2D eigenvalue weighted by Crippen LogP contribution is -2.25. The average Bonchev–Trinajstić information content (AvgIpc) is 2.94. The monoisotopic (exact) mass is 560 g/mol. The summed E-state index contributed by atoms with van der Waals surface area (Å²) in [6.07, 6.45) is -5.95. The fourth-order valence-electron chi connectivity index (χ4n) is 3.56. The topological polar surface area (TPSA) is 94.1 Å². The summed E-state index contributed by atoms with van der Waals surface area (Å²) in [5.41, 5.74) is -2.28. The number of amides is 1. The van der Waals surface area contributed by atoms with E-state index in [1.165, 1.54) is 24.5 Å². The third-order valence-electron chi connectivity index (χ3n) is 5.51. The number of rotatable bonds is 7. The Labute approximate surface area is 222 Å². The predicted molar refractivity (Wildman–Crippen MR) is 128 cm³/mol. The number of benzene rings is 2. The largest absolute Gasteiger partial charge is 0.456 e. The van der Waals surface area contributed by atoms with E-state index in [1.54, 1.807) is 36.5 Å². The number of nitrogens with one attached hydrogen (secondary N) is 1. The number of halogens is 6. The summed E-state index contributed by atoms with van der Waals surface area (Å²) in [5, 5.41) is 2.29. The molecule has 0 fully saturated rings. The second-order valence-corrected chi connectivity index (χ2v) is 8.30. The number of esters is 1. The van der Waals surface area contributed by atoms with Gasteiger partial charge in [0.2, 0.25) is 0 Å². The molecule has 0 saturated heterocycles. The highest BCUT2D eigenvalue weighted by molar-refractivity contribution is 5.94. The van der Waals surface area contributed by atoms with Crippen LogP contribution in [-0.2, 0) is 30.2 Å². The normalized spacial score (nSPS) is 11.7. The summed E-state index contributed by atoms with van der Waals surface area (Å²) in [4.78, 5) is 37.3. The van der Waals surface area contributed by atoms with Crippen LogP contribution in [-0.4, -0.2) is 26.8 Å². The van der Waals surface area contributed by atoms with Crippen molar-refractivity contribution in [3.63, 3.8) is 0 Å². The van der Waals surface area contributed by atoms with Gasteiger partial charge in [0.05, 0.1) is 40.3 Å². The molecular weight excluding hydrogens is 542 g/mol. The van der Waals surface area contributed by atoms with Crippen LogP contribution in [0.3, 0.4) is 0 Å². The van der Waals surface area contributed by atoms with E-state index in [-0.39, 0.29) is 36.2 Å². The lowest BCUT2D eigenvalue weighted by molar-refractivity contribution is -0.143. The van der Waals surface area contributed by atoms with Crippen molar-refractivity contribution in [1.29, 1.82) is 0 Å². The van der Waals surface area contributed by atoms with Gasteiger partial charge in [-0.25, -0.2) is 4.79 Å². The second kappa shape index (κ2) is 11.5. The van der Waals surface area contributed by atoms with Crippen molar-refractivity contribution in [2.75, 3.05) is 0 Å². The van der Waals surface area contributed by atoms with Crippen molar-refractivity contribution in [3.05, 3.63) is 113 Å². The maximum Gasteiger partial charge on any atom is 0.416 e. The van der Waals surface area contributed by atoms with E-state index in [0.29, 0.717) is 23.4 Å². The van der Waals surface area contributed by atoms with Crippen molar-refractivity contribution in [1.82, 2.24) is 20.3 Å². The minimum Gasteiger partial charge on any atom is -0.456 e. The van der Waals surface area contributed by atoms with E-state index in [4.69, 9.17) is 4.74 Å². The van der Waals surface area contributed by atoms with Crippen molar-refractivity contribution in [2.45, 2.75) is 25.5 Å². The van der Waals surface area contributed by atoms with Gasteiger partial charge in [0, 0.05) is 29.7 Å². The Balaban J connectivity index is 1.48. The van der Waals surface area contributed by atoms with Crippen molar-refractivity contribution < 1.29 is 40.7 Å². The molecule has 2 heterocycles. The number of nitrogens with zero attached hydrogens (tertiary/aromatic N) is 3. The Hall–Kier alpha value is -4.81. The number of hydrogen-bond acceptors (Lipinski definition) is 6. The molecule has 0 radical (unpaired) electrons. The first kappa shape index (κ1) is 28.2. The van der Waals surface area contributed by atoms with E-state index < -0.39 is 40.9 Å². The number of pyridine rings is 1. The van der Waals surface area contributed by atoms with E-state index >= 15 is 0 Å². The Morgan fingerprint density at radius 3 is 2.00 bits per heavy atom. The van der Waals surface area contributed by atoms with Gasteiger partial charge in [-0.1, -0.05) is 18.2 Å². The van der Waals surface area contributed by atoms with Gasteiger partial charge < -0.3 is 10.1 Å². The molecule has 1 amide bonds. The summed E-state index contributed by atoms with van der Waals surface area (Å²) in [5.74, 6) is -1.76. The van der Waals surface area contributed by atoms with Crippen LogP contribution in [0.25, 0.3) is 11.3 Å². The lowest BCUT2D eigenvalue weighted by atomic mass is 10.0. The van der Waals surface area contributed by atoms with Gasteiger partial charge in [-0.2, -0.15) is 26.3 Å². The number of alkyl halides is 6. The Morgan fingerprint density at radius 2 is 1.40 bits per heavy atom. The fourth-order valence-corrected chi connectivity index (χ4v) is 3.56. The minimum absolute atomic E-state index is 0.0220. The highest BCUT2D eigenvalue weighted by Crippen LogP contribution is 2.36. The molecule has 0 saturated carbocycles. The summed E-state index contributed by atoms with van der Waals surface area (Å²) in [6, 6.07) is 11.9. The van der Waals surface area contributed by atoms with Gasteiger partial charge in [0.1, 0.15) is 6.61 Å². The van der Waals surface area contributed by atoms with Crippen LogP contribution in [0.15, 0.2) is 79.3 Å². The summed E-state index contributed by atoms with van der Waals surface area (Å²) >= 11 is 0. The molecule has 13 heteroatoms. The number of aromatic nitrogens is 3. The molecule has 7 nitrogen and oxygen atoms in total. The Morgan fingerprint density at radius 1 is 0.750 bits per heavy atom. The van der Waals surface area contributed by atoms with Gasteiger partial charge in [0.25, 0.3) is 5.91 Å². The van der Waals surface area contributed by atoms with Gasteiger partial charge in [-0.3, -0.25) is 19.7 Å². The van der Waals surface area contributed by atoms with E-state index in [1.807, 2.05) is 0 Å². The van der Waals surface area contributed by atoms with Crippen LogP contribution in [0, 0.1) is 0 Å². The molecule has 4 aromatic rings. The first-order chi connectivity index (χ1) is 18.9. The second-order valence-electron chi connectivity index (χ2n) is 8.30. The van der Waals surface area contributed by atoms with Gasteiger partial charge >= 0.3 is 18.3 Å². The van der Waals surface area contributed by atoms with Crippen LogP contribution >= 0.6 is 0 Å². The molecule has 0 aliphatic heterocycles.